The molecule has 0 bridgehead atoms. The van der Waals surface area contributed by atoms with E-state index in [0.29, 0.717) is 12.2 Å². The molecule has 1 aromatic carbocycles. The summed E-state index contributed by atoms with van der Waals surface area (Å²) < 4.78 is 19.1. The van der Waals surface area contributed by atoms with Crippen LogP contribution in [0.1, 0.15) is 88.7 Å². The van der Waals surface area contributed by atoms with E-state index in [1.165, 1.54) is 70.6 Å². The molecule has 0 heterocycles. The fraction of sp³-hybridized carbons (Fsp3) is 0.760. The normalized spacial score (nSPS) is 29.0. The molecule has 2 saturated carbocycles. The molecule has 1 aromatic rings. The molecule has 0 spiro atoms. The Morgan fingerprint density at radius 1 is 0.889 bits per heavy atom. The van der Waals surface area contributed by atoms with E-state index in [1.54, 1.807) is 13.2 Å². The fourth-order valence-corrected chi connectivity index (χ4v) is 5.69. The van der Waals surface area contributed by atoms with Gasteiger partial charge in [0.1, 0.15) is 5.82 Å². The van der Waals surface area contributed by atoms with Crippen molar-refractivity contribution in [2.24, 2.45) is 23.7 Å². The van der Waals surface area contributed by atoms with Crippen molar-refractivity contribution in [1.82, 2.24) is 0 Å². The van der Waals surface area contributed by atoms with Gasteiger partial charge in [-0.05, 0) is 73.8 Å². The third kappa shape index (κ3) is 6.04. The Morgan fingerprint density at radius 2 is 1.48 bits per heavy atom. The number of hydrogen-bond donors (Lipinski definition) is 0. The van der Waals surface area contributed by atoms with Gasteiger partial charge in [-0.1, -0.05) is 57.6 Å². The van der Waals surface area contributed by atoms with Crippen molar-refractivity contribution < 1.29 is 9.13 Å². The quantitative estimate of drug-likeness (QED) is 0.463. The Hall–Kier alpha value is -0.890. The number of rotatable bonds is 8. The number of aryl methyl sites for hydroxylation is 1. The van der Waals surface area contributed by atoms with Crippen LogP contribution in [0.15, 0.2) is 18.2 Å². The average Bonchev–Trinajstić information content (AvgIpc) is 2.70. The van der Waals surface area contributed by atoms with Crippen molar-refractivity contribution in [3.8, 4) is 0 Å². The molecule has 0 amide bonds. The average molecular weight is 375 g/mol. The van der Waals surface area contributed by atoms with Gasteiger partial charge in [-0.15, -0.1) is 0 Å². The molecule has 2 heteroatoms. The first kappa shape index (κ1) is 20.8. The molecule has 3 rings (SSSR count). The molecule has 0 unspecified atom stereocenters. The summed E-state index contributed by atoms with van der Waals surface area (Å²) in [7, 11) is 1.61. The van der Waals surface area contributed by atoms with Gasteiger partial charge in [0.05, 0.1) is 6.61 Å². The maximum atomic E-state index is 14.1. The Labute approximate surface area is 166 Å². The molecule has 0 N–H and O–H groups in total. The first-order valence-corrected chi connectivity index (χ1v) is 11.5. The van der Waals surface area contributed by atoms with Crippen LogP contribution in [0.5, 0.6) is 0 Å². The van der Waals surface area contributed by atoms with Crippen molar-refractivity contribution >= 4 is 0 Å². The van der Waals surface area contributed by atoms with Crippen LogP contribution in [0.25, 0.3) is 0 Å². The van der Waals surface area contributed by atoms with Gasteiger partial charge in [-0.3, -0.25) is 0 Å². The van der Waals surface area contributed by atoms with E-state index in [9.17, 15) is 4.39 Å². The first-order chi connectivity index (χ1) is 13.2. The number of ether oxygens (including phenoxy) is 1. The van der Waals surface area contributed by atoms with Crippen LogP contribution in [-0.2, 0) is 17.8 Å². The van der Waals surface area contributed by atoms with Crippen LogP contribution in [0.2, 0.25) is 0 Å². The molecule has 0 aliphatic heterocycles. The lowest BCUT2D eigenvalue weighted by atomic mass is 9.68. The summed E-state index contributed by atoms with van der Waals surface area (Å²) in [5, 5.41) is 0. The predicted octanol–water partition coefficient (Wildman–Crippen LogP) is 7.32. The van der Waals surface area contributed by atoms with Gasteiger partial charge in [-0.25, -0.2) is 4.39 Å². The Kier molecular flexibility index (Phi) is 8.18. The Morgan fingerprint density at radius 3 is 2.00 bits per heavy atom. The highest BCUT2D eigenvalue weighted by Gasteiger charge is 2.30. The minimum atomic E-state index is -0.114. The molecule has 152 valence electrons. The topological polar surface area (TPSA) is 9.23 Å². The lowest BCUT2D eigenvalue weighted by Crippen LogP contribution is -2.26. The molecule has 2 aliphatic carbocycles. The van der Waals surface area contributed by atoms with Crippen LogP contribution in [0.4, 0.5) is 4.39 Å². The van der Waals surface area contributed by atoms with Crippen molar-refractivity contribution in [2.75, 3.05) is 7.11 Å². The van der Waals surface area contributed by atoms with Gasteiger partial charge in [0.2, 0.25) is 0 Å². The highest BCUT2D eigenvalue weighted by Crippen LogP contribution is 2.42. The standard InChI is InChI=1S/C25H39FO/c1-3-4-19-7-12-22(13-8-19)23-14-9-20(10-15-23)5-6-21-11-16-24(18-27-2)25(26)17-21/h11,16-17,19-20,22-23H,3-10,12-15,18H2,1-2H3/t19-,20?,22-,23?. The first-order valence-electron chi connectivity index (χ1n) is 11.5. The molecule has 0 saturated heterocycles. The highest BCUT2D eigenvalue weighted by molar-refractivity contribution is 5.24. The summed E-state index contributed by atoms with van der Waals surface area (Å²) in [5.41, 5.74) is 1.80. The SMILES string of the molecule is CCC[C@H]1CC[C@H](C2CCC(CCc3ccc(COC)c(F)c3)CC2)CC1. The maximum Gasteiger partial charge on any atom is 0.128 e. The number of halogens is 1. The Bertz CT molecular complexity index is 553. The third-order valence-corrected chi connectivity index (χ3v) is 7.40. The summed E-state index contributed by atoms with van der Waals surface area (Å²) in [6.07, 6.45) is 16.7. The van der Waals surface area contributed by atoms with Crippen molar-refractivity contribution in [2.45, 2.75) is 90.6 Å². The lowest BCUT2D eigenvalue weighted by molar-refractivity contribution is 0.141. The van der Waals surface area contributed by atoms with E-state index in [2.05, 4.69) is 13.0 Å². The number of benzene rings is 1. The second kappa shape index (κ2) is 10.6. The molecule has 1 nitrogen and oxygen atoms in total. The van der Waals surface area contributed by atoms with Crippen LogP contribution >= 0.6 is 0 Å². The third-order valence-electron chi connectivity index (χ3n) is 7.40. The molecule has 0 radical (unpaired) electrons. The van der Waals surface area contributed by atoms with Crippen LogP contribution < -0.4 is 0 Å². The summed E-state index contributed by atoms with van der Waals surface area (Å²) in [5.74, 6) is 3.77. The van der Waals surface area contributed by atoms with Crippen LogP contribution in [-0.4, -0.2) is 7.11 Å². The van der Waals surface area contributed by atoms with Crippen LogP contribution in [0.3, 0.4) is 0 Å². The lowest BCUT2D eigenvalue weighted by Gasteiger charge is -2.38. The van der Waals surface area contributed by atoms with E-state index >= 15 is 0 Å². The minimum Gasteiger partial charge on any atom is -0.380 e. The second-order valence-corrected chi connectivity index (χ2v) is 9.25. The highest BCUT2D eigenvalue weighted by atomic mass is 19.1. The summed E-state index contributed by atoms with van der Waals surface area (Å²) in [6.45, 7) is 2.69. The van der Waals surface area contributed by atoms with Gasteiger partial charge in [-0.2, -0.15) is 0 Å². The fourth-order valence-electron chi connectivity index (χ4n) is 5.69. The van der Waals surface area contributed by atoms with E-state index in [0.717, 1.165) is 35.7 Å². The van der Waals surface area contributed by atoms with E-state index in [1.807, 2.05) is 6.07 Å². The van der Waals surface area contributed by atoms with Crippen molar-refractivity contribution in [3.05, 3.63) is 35.1 Å². The zero-order chi connectivity index (χ0) is 19.1. The molecule has 27 heavy (non-hydrogen) atoms. The van der Waals surface area contributed by atoms with Gasteiger partial charge >= 0.3 is 0 Å². The van der Waals surface area contributed by atoms with Gasteiger partial charge in [0.25, 0.3) is 0 Å². The number of methoxy groups -OCH3 is 1. The summed E-state index contributed by atoms with van der Waals surface area (Å²) in [4.78, 5) is 0. The number of hydrogen-bond acceptors (Lipinski definition) is 1. The zero-order valence-corrected chi connectivity index (χ0v) is 17.5. The van der Waals surface area contributed by atoms with Crippen molar-refractivity contribution in [1.29, 1.82) is 0 Å². The zero-order valence-electron chi connectivity index (χ0n) is 17.5. The molecular weight excluding hydrogens is 335 g/mol. The second-order valence-electron chi connectivity index (χ2n) is 9.25. The monoisotopic (exact) mass is 374 g/mol. The molecule has 2 fully saturated rings. The summed E-state index contributed by atoms with van der Waals surface area (Å²) in [6, 6.07) is 5.69. The van der Waals surface area contributed by atoms with E-state index in [4.69, 9.17) is 4.74 Å². The van der Waals surface area contributed by atoms with Gasteiger partial charge < -0.3 is 4.74 Å². The Balaban J connectivity index is 1.38. The van der Waals surface area contributed by atoms with Gasteiger partial charge in [0, 0.05) is 12.7 Å². The van der Waals surface area contributed by atoms with Crippen LogP contribution in [0, 0.1) is 29.5 Å². The molecule has 0 aromatic heterocycles. The largest absolute Gasteiger partial charge is 0.380 e. The molecule has 2 aliphatic rings. The predicted molar refractivity (Wildman–Crippen MR) is 111 cm³/mol. The smallest absolute Gasteiger partial charge is 0.128 e. The van der Waals surface area contributed by atoms with Gasteiger partial charge in [0.15, 0.2) is 0 Å². The minimum absolute atomic E-state index is 0.114. The molecular formula is C25H39FO. The molecule has 0 atom stereocenters. The van der Waals surface area contributed by atoms with E-state index < -0.39 is 0 Å². The van der Waals surface area contributed by atoms with E-state index in [-0.39, 0.29) is 5.82 Å². The maximum absolute atomic E-state index is 14.1. The van der Waals surface area contributed by atoms with Crippen molar-refractivity contribution in [3.63, 3.8) is 0 Å². The summed E-state index contributed by atoms with van der Waals surface area (Å²) >= 11 is 0.